The Morgan fingerprint density at radius 1 is 1.24 bits per heavy atom. The molecule has 1 aliphatic carbocycles. The highest BCUT2D eigenvalue weighted by atomic mass is 16.6. The molecule has 3 atom stereocenters. The van der Waals surface area contributed by atoms with Gasteiger partial charge in [0.25, 0.3) is 5.91 Å². The number of ether oxygens (including phenoxy) is 1. The summed E-state index contributed by atoms with van der Waals surface area (Å²) < 4.78 is 5.05. The van der Waals surface area contributed by atoms with Gasteiger partial charge >= 0.3 is 6.09 Å². The largest absolute Gasteiger partial charge is 0.449 e. The second-order valence-electron chi connectivity index (χ2n) is 8.78. The summed E-state index contributed by atoms with van der Waals surface area (Å²) in [5.74, 6) is -0.677. The molecular weight excluding hydrogens is 428 g/mol. The predicted octanol–water partition coefficient (Wildman–Crippen LogP) is 0.701. The Hall–Kier alpha value is -2.69. The van der Waals surface area contributed by atoms with Crippen LogP contribution in [0.2, 0.25) is 0 Å². The number of amides is 3. The van der Waals surface area contributed by atoms with E-state index in [1.165, 1.54) is 4.90 Å². The summed E-state index contributed by atoms with van der Waals surface area (Å²) in [5, 5.41) is 9.82. The molecule has 11 nitrogen and oxygen atoms in total. The van der Waals surface area contributed by atoms with E-state index in [-0.39, 0.29) is 24.9 Å². The van der Waals surface area contributed by atoms with E-state index in [0.717, 1.165) is 30.6 Å². The van der Waals surface area contributed by atoms with Crippen molar-refractivity contribution in [2.45, 2.75) is 82.8 Å². The van der Waals surface area contributed by atoms with Gasteiger partial charge in [-0.15, -0.1) is 0 Å². The van der Waals surface area contributed by atoms with Crippen molar-refractivity contribution in [2.24, 2.45) is 17.4 Å². The molecule has 1 unspecified atom stereocenters. The Labute approximate surface area is 195 Å². The highest BCUT2D eigenvalue weighted by molar-refractivity contribution is 5.99. The summed E-state index contributed by atoms with van der Waals surface area (Å²) in [6, 6.07) is -2.58. The van der Waals surface area contributed by atoms with Crippen LogP contribution in [0, 0.1) is 11.3 Å². The molecule has 2 aliphatic rings. The Bertz CT molecular complexity index is 711. The van der Waals surface area contributed by atoms with Crippen molar-refractivity contribution < 1.29 is 23.9 Å². The van der Waals surface area contributed by atoms with Gasteiger partial charge in [0.05, 0.1) is 18.7 Å². The number of nitrogens with one attached hydrogen (secondary N) is 2. The SMILES string of the molecule is CCOC(=O)N(C(=O)[C@@H]1CCCN1C(=O)C(N)CC1CCCC1)[C@H](C=O)CCCNC(=N)N. The summed E-state index contributed by atoms with van der Waals surface area (Å²) in [6.45, 7) is 2.35. The lowest BCUT2D eigenvalue weighted by molar-refractivity contribution is -0.145. The van der Waals surface area contributed by atoms with E-state index in [1.54, 1.807) is 6.92 Å². The number of hydrogen-bond acceptors (Lipinski definition) is 7. The lowest BCUT2D eigenvalue weighted by atomic mass is 9.98. The molecule has 0 radical (unpaired) electrons. The first-order valence-corrected chi connectivity index (χ1v) is 11.9. The lowest BCUT2D eigenvalue weighted by Gasteiger charge is -2.32. The van der Waals surface area contributed by atoms with Crippen LogP contribution < -0.4 is 16.8 Å². The highest BCUT2D eigenvalue weighted by Gasteiger charge is 2.42. The molecule has 33 heavy (non-hydrogen) atoms. The van der Waals surface area contributed by atoms with E-state index in [2.05, 4.69) is 5.32 Å². The third-order valence-electron chi connectivity index (χ3n) is 6.38. The molecule has 0 aromatic carbocycles. The van der Waals surface area contributed by atoms with Crippen molar-refractivity contribution >= 4 is 30.2 Å². The second-order valence-corrected chi connectivity index (χ2v) is 8.78. The number of imide groups is 1. The smallest absolute Gasteiger partial charge is 0.417 e. The molecule has 1 saturated carbocycles. The quantitative estimate of drug-likeness (QED) is 0.149. The van der Waals surface area contributed by atoms with Gasteiger partial charge in [-0.3, -0.25) is 15.0 Å². The summed E-state index contributed by atoms with van der Waals surface area (Å²) in [4.78, 5) is 53.3. The minimum Gasteiger partial charge on any atom is -0.449 e. The maximum Gasteiger partial charge on any atom is 0.417 e. The van der Waals surface area contributed by atoms with Crippen molar-refractivity contribution in [1.82, 2.24) is 15.1 Å². The maximum atomic E-state index is 13.4. The van der Waals surface area contributed by atoms with Crippen LogP contribution in [0.5, 0.6) is 0 Å². The number of aldehydes is 1. The monoisotopic (exact) mass is 466 g/mol. The van der Waals surface area contributed by atoms with Crippen LogP contribution >= 0.6 is 0 Å². The average Bonchev–Trinajstić information content (AvgIpc) is 3.47. The molecule has 1 aliphatic heterocycles. The number of hydrogen-bond donors (Lipinski definition) is 4. The molecule has 2 rings (SSSR count). The zero-order valence-corrected chi connectivity index (χ0v) is 19.5. The molecular formula is C22H38N6O5. The van der Waals surface area contributed by atoms with Gasteiger partial charge in [0.1, 0.15) is 12.3 Å². The molecule has 11 heteroatoms. The molecule has 6 N–H and O–H groups in total. The van der Waals surface area contributed by atoms with Gasteiger partial charge in [-0.1, -0.05) is 25.7 Å². The predicted molar refractivity (Wildman–Crippen MR) is 122 cm³/mol. The van der Waals surface area contributed by atoms with E-state index in [9.17, 15) is 19.2 Å². The molecule has 186 valence electrons. The Balaban J connectivity index is 2.11. The lowest BCUT2D eigenvalue weighted by Crippen LogP contribution is -2.56. The topological polar surface area (TPSA) is 172 Å². The van der Waals surface area contributed by atoms with Gasteiger partial charge in [0.15, 0.2) is 5.96 Å². The summed E-state index contributed by atoms with van der Waals surface area (Å²) >= 11 is 0. The van der Waals surface area contributed by atoms with Gasteiger partial charge in [-0.25, -0.2) is 9.69 Å². The third-order valence-corrected chi connectivity index (χ3v) is 6.38. The number of nitrogens with two attached hydrogens (primary N) is 2. The number of guanidine groups is 1. The summed E-state index contributed by atoms with van der Waals surface area (Å²) in [7, 11) is 0. The molecule has 0 bridgehead atoms. The molecule has 3 amide bonds. The number of nitrogens with zero attached hydrogens (tertiary/aromatic N) is 2. The number of carbonyl (C=O) groups is 4. The Morgan fingerprint density at radius 2 is 1.94 bits per heavy atom. The molecule has 0 aromatic rings. The van der Waals surface area contributed by atoms with Crippen LogP contribution in [0.4, 0.5) is 4.79 Å². The molecule has 1 heterocycles. The number of rotatable bonds is 11. The fourth-order valence-electron chi connectivity index (χ4n) is 4.74. The zero-order chi connectivity index (χ0) is 24.4. The van der Waals surface area contributed by atoms with Crippen LogP contribution in [0.25, 0.3) is 0 Å². The maximum absolute atomic E-state index is 13.4. The Morgan fingerprint density at radius 3 is 2.55 bits per heavy atom. The fraction of sp³-hybridized carbons (Fsp3) is 0.773. The van der Waals surface area contributed by atoms with Gasteiger partial charge in [0, 0.05) is 13.1 Å². The van der Waals surface area contributed by atoms with Crippen LogP contribution in [0.3, 0.4) is 0 Å². The van der Waals surface area contributed by atoms with E-state index < -0.39 is 30.1 Å². The number of likely N-dealkylation sites (tertiary alicyclic amines) is 1. The van der Waals surface area contributed by atoms with E-state index in [1.807, 2.05) is 0 Å². The van der Waals surface area contributed by atoms with Crippen molar-refractivity contribution in [3.63, 3.8) is 0 Å². The summed E-state index contributed by atoms with van der Waals surface area (Å²) in [6.07, 6.45) is 6.25. The van der Waals surface area contributed by atoms with Gasteiger partial charge in [-0.2, -0.15) is 0 Å². The molecule has 1 saturated heterocycles. The van der Waals surface area contributed by atoms with Crippen LogP contribution in [-0.4, -0.2) is 77.8 Å². The van der Waals surface area contributed by atoms with Crippen molar-refractivity contribution in [3.8, 4) is 0 Å². The molecule has 0 spiro atoms. The number of carbonyl (C=O) groups excluding carboxylic acids is 4. The Kier molecular flexibility index (Phi) is 10.6. The second kappa shape index (κ2) is 13.1. The minimum absolute atomic E-state index is 0.0413. The average molecular weight is 467 g/mol. The van der Waals surface area contributed by atoms with Gasteiger partial charge in [0.2, 0.25) is 5.91 Å². The van der Waals surface area contributed by atoms with E-state index >= 15 is 0 Å². The third kappa shape index (κ3) is 7.41. The fourth-order valence-corrected chi connectivity index (χ4v) is 4.74. The van der Waals surface area contributed by atoms with Crippen LogP contribution in [0.1, 0.15) is 64.7 Å². The van der Waals surface area contributed by atoms with Gasteiger partial charge in [-0.05, 0) is 44.9 Å². The molecule has 2 fully saturated rings. The molecule has 0 aromatic heterocycles. The normalized spacial score (nSPS) is 20.2. The summed E-state index contributed by atoms with van der Waals surface area (Å²) in [5.41, 5.74) is 11.5. The minimum atomic E-state index is -1.05. The standard InChI is InChI=1S/C22H38N6O5/c1-2-33-22(32)28(16(14-29)9-5-11-26-21(24)25)20(31)18-10-6-12-27(18)19(30)17(23)13-15-7-3-4-8-15/h14-18H,2-13,23H2,1H3,(H4,24,25,26)/t16-,17?,18-/m0/s1. The highest BCUT2D eigenvalue weighted by Crippen LogP contribution is 2.29. The van der Waals surface area contributed by atoms with E-state index in [0.29, 0.717) is 51.0 Å². The first kappa shape index (κ1) is 26.6. The van der Waals surface area contributed by atoms with Crippen LogP contribution in [0.15, 0.2) is 0 Å². The van der Waals surface area contributed by atoms with Crippen LogP contribution in [-0.2, 0) is 19.1 Å². The first-order valence-electron chi connectivity index (χ1n) is 11.9. The van der Waals surface area contributed by atoms with Gasteiger partial charge < -0.3 is 31.2 Å². The van der Waals surface area contributed by atoms with E-state index in [4.69, 9.17) is 21.6 Å². The van der Waals surface area contributed by atoms with Crippen molar-refractivity contribution in [3.05, 3.63) is 0 Å². The first-order chi connectivity index (χ1) is 15.8. The zero-order valence-electron chi connectivity index (χ0n) is 19.5. The van der Waals surface area contributed by atoms with Crippen molar-refractivity contribution in [1.29, 1.82) is 5.41 Å². The van der Waals surface area contributed by atoms with Crippen molar-refractivity contribution in [2.75, 3.05) is 19.7 Å².